The Bertz CT molecular complexity index is 156. The summed E-state index contributed by atoms with van der Waals surface area (Å²) in [5, 5.41) is 0. The topological polar surface area (TPSA) is 0 Å². The predicted molar refractivity (Wildman–Crippen MR) is 75.9 cm³/mol. The number of allylic oxidation sites excluding steroid dienone is 2. The van der Waals surface area contributed by atoms with Crippen molar-refractivity contribution in [1.29, 1.82) is 0 Å². The van der Waals surface area contributed by atoms with Crippen molar-refractivity contribution in [3.63, 3.8) is 0 Å². The smallest absolute Gasteiger partial charge is 0.0318 e. The molecular formula is C16H32. The van der Waals surface area contributed by atoms with Crippen LogP contribution < -0.4 is 0 Å². The van der Waals surface area contributed by atoms with E-state index in [1.807, 2.05) is 0 Å². The molecule has 0 heterocycles. The molecule has 0 unspecified atom stereocenters. The van der Waals surface area contributed by atoms with Crippen LogP contribution in [0.5, 0.6) is 0 Å². The van der Waals surface area contributed by atoms with Crippen LogP contribution in [-0.2, 0) is 0 Å². The molecule has 0 heteroatoms. The summed E-state index contributed by atoms with van der Waals surface area (Å²) in [6.45, 7) is 9.24. The molecule has 0 fully saturated rings. The maximum absolute atomic E-state index is 2.33. The summed E-state index contributed by atoms with van der Waals surface area (Å²) in [6.07, 6.45) is 13.6. The lowest BCUT2D eigenvalue weighted by Gasteiger charge is -2.13. The van der Waals surface area contributed by atoms with Gasteiger partial charge in [0, 0.05) is 0 Å². The van der Waals surface area contributed by atoms with Gasteiger partial charge in [0.2, 0.25) is 0 Å². The maximum atomic E-state index is 2.33. The van der Waals surface area contributed by atoms with Crippen molar-refractivity contribution in [3.05, 3.63) is 11.1 Å². The van der Waals surface area contributed by atoms with Crippen LogP contribution in [0.3, 0.4) is 0 Å². The summed E-state index contributed by atoms with van der Waals surface area (Å²) >= 11 is 0. The van der Waals surface area contributed by atoms with Gasteiger partial charge >= 0.3 is 0 Å². The second kappa shape index (κ2) is 11.2. The Morgan fingerprint density at radius 1 is 0.562 bits per heavy atom. The third-order valence-electron chi connectivity index (χ3n) is 3.52. The monoisotopic (exact) mass is 224 g/mol. The van der Waals surface area contributed by atoms with E-state index in [-0.39, 0.29) is 0 Å². The van der Waals surface area contributed by atoms with E-state index >= 15 is 0 Å². The molecule has 0 nitrogen and oxygen atoms in total. The molecule has 0 aliphatic rings. The first-order valence-corrected chi connectivity index (χ1v) is 7.49. The standard InChI is InChI=1S/C16H32/c1-5-9-11-13-15(7-3)16(8-4)14-12-10-6-2/h5-14H2,1-4H3/b16-15-. The molecule has 0 aromatic carbocycles. The Balaban J connectivity index is 4.15. The number of hydrogen-bond donors (Lipinski definition) is 0. The molecular weight excluding hydrogens is 192 g/mol. The fourth-order valence-electron chi connectivity index (χ4n) is 2.38. The Hall–Kier alpha value is -0.260. The highest BCUT2D eigenvalue weighted by Gasteiger charge is 2.03. The van der Waals surface area contributed by atoms with E-state index in [0.29, 0.717) is 0 Å². The van der Waals surface area contributed by atoms with E-state index < -0.39 is 0 Å². The third-order valence-corrected chi connectivity index (χ3v) is 3.52. The van der Waals surface area contributed by atoms with Crippen LogP contribution in [0, 0.1) is 0 Å². The molecule has 0 radical (unpaired) electrons. The molecule has 0 amide bonds. The molecule has 0 bridgehead atoms. The summed E-state index contributed by atoms with van der Waals surface area (Å²) in [5.41, 5.74) is 3.54. The highest BCUT2D eigenvalue weighted by Crippen LogP contribution is 2.23. The highest BCUT2D eigenvalue weighted by molar-refractivity contribution is 5.13. The van der Waals surface area contributed by atoms with Gasteiger partial charge in [0.15, 0.2) is 0 Å². The van der Waals surface area contributed by atoms with Gasteiger partial charge in [-0.15, -0.1) is 0 Å². The van der Waals surface area contributed by atoms with Crippen LogP contribution in [0.25, 0.3) is 0 Å². The molecule has 0 saturated carbocycles. The lowest BCUT2D eigenvalue weighted by molar-refractivity contribution is 0.665. The highest BCUT2D eigenvalue weighted by atomic mass is 14.1. The van der Waals surface area contributed by atoms with Crippen LogP contribution in [0.4, 0.5) is 0 Å². The van der Waals surface area contributed by atoms with Crippen LogP contribution in [0.1, 0.15) is 91.9 Å². The minimum atomic E-state index is 1.28. The van der Waals surface area contributed by atoms with Gasteiger partial charge in [0.1, 0.15) is 0 Å². The normalized spacial score (nSPS) is 12.8. The van der Waals surface area contributed by atoms with E-state index in [1.165, 1.54) is 64.2 Å². The van der Waals surface area contributed by atoms with E-state index in [2.05, 4.69) is 27.7 Å². The van der Waals surface area contributed by atoms with Crippen molar-refractivity contribution in [1.82, 2.24) is 0 Å². The zero-order valence-electron chi connectivity index (χ0n) is 12.1. The number of hydrogen-bond acceptors (Lipinski definition) is 0. The van der Waals surface area contributed by atoms with Gasteiger partial charge in [-0.3, -0.25) is 0 Å². The minimum absolute atomic E-state index is 1.28. The summed E-state index contributed by atoms with van der Waals surface area (Å²) in [4.78, 5) is 0. The summed E-state index contributed by atoms with van der Waals surface area (Å²) in [5.74, 6) is 0. The molecule has 0 N–H and O–H groups in total. The van der Waals surface area contributed by atoms with Crippen molar-refractivity contribution < 1.29 is 0 Å². The molecule has 16 heavy (non-hydrogen) atoms. The molecule has 96 valence electrons. The summed E-state index contributed by atoms with van der Waals surface area (Å²) in [6, 6.07) is 0. The number of unbranched alkanes of at least 4 members (excludes halogenated alkanes) is 4. The van der Waals surface area contributed by atoms with Gasteiger partial charge in [-0.25, -0.2) is 0 Å². The number of rotatable bonds is 10. The summed E-state index contributed by atoms with van der Waals surface area (Å²) < 4.78 is 0. The first-order chi connectivity index (χ1) is 7.79. The average Bonchev–Trinajstić information content (AvgIpc) is 2.31. The quantitative estimate of drug-likeness (QED) is 0.303. The predicted octanol–water partition coefficient (Wildman–Crippen LogP) is 6.26. The average molecular weight is 224 g/mol. The van der Waals surface area contributed by atoms with E-state index in [0.717, 1.165) is 0 Å². The van der Waals surface area contributed by atoms with Crippen LogP contribution in [0.2, 0.25) is 0 Å². The molecule has 0 atom stereocenters. The zero-order chi connectivity index (χ0) is 12.2. The fraction of sp³-hybridized carbons (Fsp3) is 0.875. The maximum Gasteiger partial charge on any atom is -0.0318 e. The summed E-state index contributed by atoms with van der Waals surface area (Å²) in [7, 11) is 0. The first-order valence-electron chi connectivity index (χ1n) is 7.49. The Morgan fingerprint density at radius 3 is 1.19 bits per heavy atom. The molecule has 0 saturated heterocycles. The molecule has 0 spiro atoms. The van der Waals surface area contributed by atoms with E-state index in [1.54, 1.807) is 11.1 Å². The molecule has 0 aliphatic carbocycles. The van der Waals surface area contributed by atoms with Gasteiger partial charge in [-0.1, -0.05) is 64.5 Å². The Labute approximate surface area is 104 Å². The lowest BCUT2D eigenvalue weighted by Crippen LogP contribution is -1.93. The molecule has 0 aromatic heterocycles. The van der Waals surface area contributed by atoms with Gasteiger partial charge in [0.05, 0.1) is 0 Å². The minimum Gasteiger partial charge on any atom is -0.0713 e. The molecule has 0 rings (SSSR count). The Morgan fingerprint density at radius 2 is 0.938 bits per heavy atom. The van der Waals surface area contributed by atoms with Crippen molar-refractivity contribution in [2.24, 2.45) is 0 Å². The van der Waals surface area contributed by atoms with Gasteiger partial charge in [-0.05, 0) is 38.5 Å². The van der Waals surface area contributed by atoms with E-state index in [9.17, 15) is 0 Å². The second-order valence-electron chi connectivity index (χ2n) is 4.83. The first kappa shape index (κ1) is 15.7. The second-order valence-corrected chi connectivity index (χ2v) is 4.83. The van der Waals surface area contributed by atoms with Crippen LogP contribution in [0.15, 0.2) is 11.1 Å². The van der Waals surface area contributed by atoms with Crippen LogP contribution in [-0.4, -0.2) is 0 Å². The van der Waals surface area contributed by atoms with Crippen LogP contribution >= 0.6 is 0 Å². The molecule has 0 aromatic rings. The van der Waals surface area contributed by atoms with Crippen molar-refractivity contribution in [3.8, 4) is 0 Å². The van der Waals surface area contributed by atoms with E-state index in [4.69, 9.17) is 0 Å². The fourth-order valence-corrected chi connectivity index (χ4v) is 2.38. The van der Waals surface area contributed by atoms with Gasteiger partial charge in [0.25, 0.3) is 0 Å². The lowest BCUT2D eigenvalue weighted by atomic mass is 9.94. The van der Waals surface area contributed by atoms with Crippen molar-refractivity contribution in [2.45, 2.75) is 91.9 Å². The zero-order valence-corrected chi connectivity index (χ0v) is 12.1. The van der Waals surface area contributed by atoms with Crippen molar-refractivity contribution >= 4 is 0 Å². The largest absolute Gasteiger partial charge is 0.0713 e. The van der Waals surface area contributed by atoms with Gasteiger partial charge in [-0.2, -0.15) is 0 Å². The molecule has 0 aliphatic heterocycles. The SMILES string of the molecule is CCCCC/C(CC)=C(/CC)CCCCC. The Kier molecular flexibility index (Phi) is 11.0. The van der Waals surface area contributed by atoms with Gasteiger partial charge < -0.3 is 0 Å². The third kappa shape index (κ3) is 7.09. The van der Waals surface area contributed by atoms with Crippen molar-refractivity contribution in [2.75, 3.05) is 0 Å².